The fourth-order valence-electron chi connectivity index (χ4n) is 1.69. The van der Waals surface area contributed by atoms with Crippen LogP contribution in [0.4, 0.5) is 0 Å². The van der Waals surface area contributed by atoms with Gasteiger partial charge in [-0.05, 0) is 23.8 Å². The van der Waals surface area contributed by atoms with Gasteiger partial charge in [0.25, 0.3) is 0 Å². The number of amides is 1. The van der Waals surface area contributed by atoms with Gasteiger partial charge in [0.2, 0.25) is 6.54 Å². The number of ether oxygens (including phenoxy) is 1. The zero-order valence-corrected chi connectivity index (χ0v) is 12.7. The molecule has 0 fully saturated rings. The van der Waals surface area contributed by atoms with Crippen LogP contribution in [0, 0.1) is 0 Å². The van der Waals surface area contributed by atoms with Gasteiger partial charge in [-0.1, -0.05) is 6.07 Å². The van der Waals surface area contributed by atoms with Crippen molar-refractivity contribution in [3.05, 3.63) is 54.4 Å². The molecule has 1 amide bonds. The monoisotopic (exact) mass is 321 g/mol. The first-order valence-corrected chi connectivity index (χ1v) is 6.32. The van der Waals surface area contributed by atoms with Crippen LogP contribution >= 0.6 is 0 Å². The van der Waals surface area contributed by atoms with Crippen molar-refractivity contribution in [2.75, 3.05) is 7.11 Å². The minimum atomic E-state index is -0.229. The average molecular weight is 322 g/mol. The maximum Gasteiger partial charge on any atom is 0.305 e. The van der Waals surface area contributed by atoms with Gasteiger partial charge < -0.3 is 22.3 Å². The molecule has 116 valence electrons. The Morgan fingerprint density at radius 2 is 2.09 bits per heavy atom. The summed E-state index contributed by atoms with van der Waals surface area (Å²) in [6, 6.07) is 10.4. The Morgan fingerprint density at radius 1 is 1.36 bits per heavy atom. The Hall–Kier alpha value is -2.60. The summed E-state index contributed by atoms with van der Waals surface area (Å²) in [6.45, 7) is 0.192. The number of methoxy groups -OCH3 is 1. The molecule has 0 bridgehead atoms. The van der Waals surface area contributed by atoms with Crippen LogP contribution in [0.5, 0.6) is 11.5 Å². The molecule has 2 aromatic rings. The molecule has 7 heteroatoms. The zero-order chi connectivity index (χ0) is 15.1. The van der Waals surface area contributed by atoms with Crippen LogP contribution in [0.2, 0.25) is 0 Å². The first-order chi connectivity index (χ1) is 10.2. The third-order valence-corrected chi connectivity index (χ3v) is 2.71. The number of nitrogens with one attached hydrogen (secondary N) is 1. The van der Waals surface area contributed by atoms with Crippen LogP contribution in [0.25, 0.3) is 0 Å². The van der Waals surface area contributed by atoms with E-state index in [0.717, 1.165) is 0 Å². The number of rotatable bonds is 5. The molecule has 0 radical (unpaired) electrons. The molecule has 0 saturated carbocycles. The smallest absolute Gasteiger partial charge is 0.305 e. The lowest BCUT2D eigenvalue weighted by molar-refractivity contribution is -0.684. The summed E-state index contributed by atoms with van der Waals surface area (Å²) in [5.74, 6) is 0.178. The SMILES string of the molecule is COc1cc(/C=N/NC(=O)C[n+]2ccccc2)ccc1O.[Cl-]. The highest BCUT2D eigenvalue weighted by Crippen LogP contribution is 2.25. The largest absolute Gasteiger partial charge is 1.00 e. The highest BCUT2D eigenvalue weighted by Gasteiger charge is 2.06. The Morgan fingerprint density at radius 3 is 2.77 bits per heavy atom. The van der Waals surface area contributed by atoms with Crippen LogP contribution < -0.4 is 27.1 Å². The van der Waals surface area contributed by atoms with Crippen molar-refractivity contribution in [3.8, 4) is 11.5 Å². The predicted octanol–water partition coefficient (Wildman–Crippen LogP) is -2.16. The second-order valence-corrected chi connectivity index (χ2v) is 4.27. The van der Waals surface area contributed by atoms with Crippen molar-refractivity contribution < 1.29 is 31.6 Å². The lowest BCUT2D eigenvalue weighted by Crippen LogP contribution is -3.00. The molecule has 0 atom stereocenters. The van der Waals surface area contributed by atoms with E-state index in [0.29, 0.717) is 11.3 Å². The summed E-state index contributed by atoms with van der Waals surface area (Å²) in [6.07, 6.45) is 5.08. The normalized spacial score (nSPS) is 10.0. The van der Waals surface area contributed by atoms with Crippen molar-refractivity contribution >= 4 is 12.1 Å². The van der Waals surface area contributed by atoms with Crippen LogP contribution in [0.1, 0.15) is 5.56 Å². The van der Waals surface area contributed by atoms with Gasteiger partial charge in [0, 0.05) is 12.1 Å². The second-order valence-electron chi connectivity index (χ2n) is 4.27. The van der Waals surface area contributed by atoms with Crippen molar-refractivity contribution in [1.29, 1.82) is 0 Å². The summed E-state index contributed by atoms with van der Waals surface area (Å²) in [4.78, 5) is 11.7. The molecule has 22 heavy (non-hydrogen) atoms. The quantitative estimate of drug-likeness (QED) is 0.374. The first kappa shape index (κ1) is 17.5. The average Bonchev–Trinajstić information content (AvgIpc) is 2.50. The lowest BCUT2D eigenvalue weighted by Gasteiger charge is -2.03. The summed E-state index contributed by atoms with van der Waals surface area (Å²) in [5, 5.41) is 13.3. The van der Waals surface area contributed by atoms with E-state index in [1.165, 1.54) is 19.4 Å². The van der Waals surface area contributed by atoms with E-state index in [1.54, 1.807) is 29.1 Å². The van der Waals surface area contributed by atoms with Gasteiger partial charge >= 0.3 is 5.91 Å². The molecule has 2 rings (SSSR count). The summed E-state index contributed by atoms with van der Waals surface area (Å²) < 4.78 is 6.73. The van der Waals surface area contributed by atoms with Crippen LogP contribution in [0.3, 0.4) is 0 Å². The summed E-state index contributed by atoms with van der Waals surface area (Å²) >= 11 is 0. The number of halogens is 1. The fourth-order valence-corrected chi connectivity index (χ4v) is 1.69. The Balaban J connectivity index is 0.00000242. The second kappa shape index (κ2) is 8.63. The minimum absolute atomic E-state index is 0. The molecule has 0 unspecified atom stereocenters. The number of nitrogens with zero attached hydrogens (tertiary/aromatic N) is 2. The minimum Gasteiger partial charge on any atom is -1.00 e. The van der Waals surface area contributed by atoms with Crippen molar-refractivity contribution in [3.63, 3.8) is 0 Å². The molecule has 0 spiro atoms. The lowest BCUT2D eigenvalue weighted by atomic mass is 10.2. The van der Waals surface area contributed by atoms with E-state index >= 15 is 0 Å². The van der Waals surface area contributed by atoms with Crippen LogP contribution in [-0.2, 0) is 11.3 Å². The number of phenolic OH excluding ortho intramolecular Hbond substituents is 1. The topological polar surface area (TPSA) is 74.8 Å². The van der Waals surface area contributed by atoms with Crippen LogP contribution in [0.15, 0.2) is 53.9 Å². The first-order valence-electron chi connectivity index (χ1n) is 6.32. The van der Waals surface area contributed by atoms with Crippen molar-refractivity contribution in [2.45, 2.75) is 6.54 Å². The number of aromatic hydroxyl groups is 1. The number of carbonyl (C=O) groups is 1. The van der Waals surface area contributed by atoms with Gasteiger partial charge in [0.1, 0.15) is 0 Å². The molecule has 2 N–H and O–H groups in total. The predicted molar refractivity (Wildman–Crippen MR) is 77.0 cm³/mol. The summed E-state index contributed by atoms with van der Waals surface area (Å²) in [7, 11) is 1.47. The maximum absolute atomic E-state index is 11.7. The molecule has 0 saturated heterocycles. The van der Waals surface area contributed by atoms with Gasteiger partial charge in [-0.15, -0.1) is 0 Å². The molecule has 0 aliphatic carbocycles. The Bertz CT molecular complexity index is 648. The van der Waals surface area contributed by atoms with Gasteiger partial charge in [0.05, 0.1) is 13.3 Å². The number of hydrogen-bond acceptors (Lipinski definition) is 4. The fraction of sp³-hybridized carbons (Fsp3) is 0.133. The number of pyridine rings is 1. The Labute approximate surface area is 134 Å². The number of benzene rings is 1. The highest BCUT2D eigenvalue weighted by molar-refractivity contribution is 5.82. The third-order valence-electron chi connectivity index (χ3n) is 2.71. The number of hydrazone groups is 1. The number of aromatic nitrogens is 1. The number of phenols is 1. The standard InChI is InChI=1S/C15H15N3O3.ClH/c1-21-14-9-12(5-6-13(14)19)10-16-17-15(20)11-18-7-3-2-4-8-18;/h2-10H,11H2,1H3,(H-,16,17,19,20);1H. The van der Waals surface area contributed by atoms with Gasteiger partial charge in [0.15, 0.2) is 23.9 Å². The van der Waals surface area contributed by atoms with E-state index in [-0.39, 0.29) is 30.6 Å². The molecule has 0 aliphatic heterocycles. The molecule has 1 heterocycles. The van der Waals surface area contributed by atoms with Gasteiger partial charge in [-0.25, -0.2) is 5.43 Å². The molecule has 6 nitrogen and oxygen atoms in total. The van der Waals surface area contributed by atoms with E-state index < -0.39 is 0 Å². The molecule has 1 aromatic heterocycles. The summed E-state index contributed by atoms with van der Waals surface area (Å²) in [5.41, 5.74) is 3.14. The van der Waals surface area contributed by atoms with Gasteiger partial charge in [-0.3, -0.25) is 4.79 Å². The number of carbonyl (C=O) groups excluding carboxylic acids is 1. The van der Waals surface area contributed by atoms with E-state index in [4.69, 9.17) is 4.74 Å². The van der Waals surface area contributed by atoms with Crippen LogP contribution in [-0.4, -0.2) is 24.3 Å². The van der Waals surface area contributed by atoms with E-state index in [9.17, 15) is 9.90 Å². The molecular weight excluding hydrogens is 306 g/mol. The van der Waals surface area contributed by atoms with Crippen molar-refractivity contribution in [2.24, 2.45) is 5.10 Å². The van der Waals surface area contributed by atoms with E-state index in [2.05, 4.69) is 10.5 Å². The molecular formula is C15H16ClN3O3. The van der Waals surface area contributed by atoms with Crippen molar-refractivity contribution in [1.82, 2.24) is 5.43 Å². The molecule has 0 aliphatic rings. The Kier molecular flexibility index (Phi) is 6.85. The molecule has 1 aromatic carbocycles. The van der Waals surface area contributed by atoms with E-state index in [1.807, 2.05) is 18.2 Å². The number of hydrogen-bond donors (Lipinski definition) is 2. The maximum atomic E-state index is 11.7. The third kappa shape index (κ3) is 5.06. The van der Waals surface area contributed by atoms with Gasteiger partial charge in [-0.2, -0.15) is 9.67 Å². The highest BCUT2D eigenvalue weighted by atomic mass is 35.5. The zero-order valence-electron chi connectivity index (χ0n) is 11.9.